The van der Waals surface area contributed by atoms with Crippen LogP contribution in [0.15, 0.2) is 18.2 Å². The number of halogens is 1. The van der Waals surface area contributed by atoms with Crippen molar-refractivity contribution in [2.75, 3.05) is 23.3 Å². The second-order valence-corrected chi connectivity index (χ2v) is 3.22. The number of anilines is 2. The van der Waals surface area contributed by atoms with Crippen molar-refractivity contribution in [3.63, 3.8) is 0 Å². The Morgan fingerprint density at radius 2 is 1.81 bits per heavy atom. The van der Waals surface area contributed by atoms with Gasteiger partial charge in [0, 0.05) is 12.2 Å². The van der Waals surface area contributed by atoms with E-state index in [1.807, 2.05) is 27.7 Å². The Kier molecular flexibility index (Phi) is 13.3. The van der Waals surface area contributed by atoms with E-state index in [1.54, 1.807) is 12.1 Å². The minimum atomic E-state index is -0.299. The Morgan fingerprint density at radius 3 is 2.19 bits per heavy atom. The van der Waals surface area contributed by atoms with Crippen LogP contribution < -0.4 is 11.1 Å². The molecule has 0 fully saturated rings. The fourth-order valence-electron chi connectivity index (χ4n) is 0.865. The van der Waals surface area contributed by atoms with E-state index >= 15 is 0 Å². The third-order valence-corrected chi connectivity index (χ3v) is 1.36. The molecule has 0 aliphatic carbocycles. The van der Waals surface area contributed by atoms with Crippen LogP contribution in [0.4, 0.5) is 15.8 Å². The second kappa shape index (κ2) is 12.2. The number of rotatable bonds is 2. The minimum Gasteiger partial charge on any atom is -0.399 e. The maximum Gasteiger partial charge on any atom is 0.148 e. The van der Waals surface area contributed by atoms with E-state index in [1.165, 1.54) is 6.07 Å². The Balaban J connectivity index is 0. The van der Waals surface area contributed by atoms with E-state index in [4.69, 9.17) is 5.73 Å². The molecule has 3 N–H and O–H groups in total. The lowest BCUT2D eigenvalue weighted by molar-refractivity contribution is 0.631. The summed E-state index contributed by atoms with van der Waals surface area (Å²) in [6, 6.07) is 4.60. The van der Waals surface area contributed by atoms with Crippen molar-refractivity contribution in [3.8, 4) is 0 Å². The van der Waals surface area contributed by atoms with Crippen molar-refractivity contribution in [3.05, 3.63) is 24.0 Å². The summed E-state index contributed by atoms with van der Waals surface area (Å²) in [6.45, 7) is 8.61. The van der Waals surface area contributed by atoms with Crippen LogP contribution in [0, 0.1) is 5.82 Å². The second-order valence-electron chi connectivity index (χ2n) is 2.59. The first-order chi connectivity index (χ1) is 7.65. The third kappa shape index (κ3) is 8.41. The summed E-state index contributed by atoms with van der Waals surface area (Å²) in [5.41, 5.74) is 6.31. The van der Waals surface area contributed by atoms with E-state index in [0.717, 1.165) is 5.75 Å². The monoisotopic (exact) mass is 246 g/mol. The summed E-state index contributed by atoms with van der Waals surface area (Å²) in [6.07, 6.45) is 0. The Morgan fingerprint density at radius 1 is 1.31 bits per heavy atom. The average molecular weight is 246 g/mol. The Labute approximate surface area is 104 Å². The van der Waals surface area contributed by atoms with Gasteiger partial charge >= 0.3 is 0 Å². The highest BCUT2D eigenvalue weighted by atomic mass is 32.1. The van der Waals surface area contributed by atoms with Crippen LogP contribution in [0.25, 0.3) is 0 Å². The smallest absolute Gasteiger partial charge is 0.148 e. The lowest BCUT2D eigenvalue weighted by Gasteiger charge is -2.04. The summed E-state index contributed by atoms with van der Waals surface area (Å²) >= 11 is 3.79. The number of nitrogens with two attached hydrogens (primary N) is 1. The lowest BCUT2D eigenvalue weighted by Crippen LogP contribution is -1.99. The molecule has 0 amide bonds. The Hall–Kier alpha value is -0.900. The van der Waals surface area contributed by atoms with Gasteiger partial charge < -0.3 is 11.1 Å². The van der Waals surface area contributed by atoms with Gasteiger partial charge in [-0.1, -0.05) is 20.8 Å². The molecule has 0 aliphatic rings. The normalized spacial score (nSPS) is 8.12. The molecule has 0 aliphatic heterocycles. The first kappa shape index (κ1) is 17.5. The molecule has 94 valence electrons. The number of hydrogen-bond donors (Lipinski definition) is 3. The van der Waals surface area contributed by atoms with Gasteiger partial charge in [0.1, 0.15) is 5.82 Å². The van der Waals surface area contributed by atoms with Crippen LogP contribution in [-0.2, 0) is 0 Å². The van der Waals surface area contributed by atoms with Gasteiger partial charge in [-0.25, -0.2) is 4.39 Å². The van der Waals surface area contributed by atoms with E-state index in [2.05, 4.69) is 17.9 Å². The summed E-state index contributed by atoms with van der Waals surface area (Å²) in [5, 5.41) is 2.87. The zero-order valence-corrected chi connectivity index (χ0v) is 11.4. The number of nitrogen functional groups attached to an aromatic ring is 1. The van der Waals surface area contributed by atoms with Gasteiger partial charge in [-0.05, 0) is 30.9 Å². The predicted molar refractivity (Wildman–Crippen MR) is 75.9 cm³/mol. The summed E-state index contributed by atoms with van der Waals surface area (Å²) in [4.78, 5) is 0. The van der Waals surface area contributed by atoms with Crippen molar-refractivity contribution < 1.29 is 4.39 Å². The molecule has 1 rings (SSSR count). The highest BCUT2D eigenvalue weighted by Gasteiger charge is 1.98. The number of benzene rings is 1. The molecule has 0 unspecified atom stereocenters. The molecule has 16 heavy (non-hydrogen) atoms. The number of nitrogens with one attached hydrogen (secondary N) is 1. The quantitative estimate of drug-likeness (QED) is 0.548. The molecular weight excluding hydrogens is 223 g/mol. The molecule has 0 bridgehead atoms. The van der Waals surface area contributed by atoms with Crippen LogP contribution in [0.5, 0.6) is 0 Å². The molecular formula is C12H23FN2S. The van der Waals surface area contributed by atoms with Crippen LogP contribution in [0.3, 0.4) is 0 Å². The third-order valence-electron chi connectivity index (χ3n) is 1.36. The summed E-state index contributed by atoms with van der Waals surface area (Å²) in [5.74, 6) is 0.645. The van der Waals surface area contributed by atoms with Gasteiger partial charge in [0.05, 0.1) is 5.69 Å². The molecule has 0 saturated carbocycles. The molecule has 2 nitrogen and oxygen atoms in total. The largest absolute Gasteiger partial charge is 0.399 e. The molecule has 0 spiro atoms. The van der Waals surface area contributed by atoms with Crippen LogP contribution in [0.1, 0.15) is 27.7 Å². The molecule has 4 heteroatoms. The van der Waals surface area contributed by atoms with Gasteiger partial charge in [0.2, 0.25) is 0 Å². The van der Waals surface area contributed by atoms with Gasteiger partial charge in [0.15, 0.2) is 0 Å². The zero-order chi connectivity index (χ0) is 13.0. The molecule has 1 aromatic rings. The van der Waals surface area contributed by atoms with Gasteiger partial charge in [0.25, 0.3) is 0 Å². The predicted octanol–water partition coefficient (Wildman–Crippen LogP) is 3.80. The fraction of sp³-hybridized carbons (Fsp3) is 0.500. The molecule has 0 aromatic heterocycles. The van der Waals surface area contributed by atoms with Crippen molar-refractivity contribution in [1.29, 1.82) is 0 Å². The number of hydrogen-bond acceptors (Lipinski definition) is 3. The standard InChI is InChI=1S/C8H11FN2.C2H6S.C2H6/c1-2-11-8-4-3-6(10)5-7(8)9;1-2-3;1-2/h3-5,11H,2,10H2,1H3;3H,2H2,1H3;1-2H3. The van der Waals surface area contributed by atoms with Gasteiger partial charge in [-0.3, -0.25) is 0 Å². The van der Waals surface area contributed by atoms with Crippen molar-refractivity contribution in [2.45, 2.75) is 27.7 Å². The molecule has 0 radical (unpaired) electrons. The zero-order valence-electron chi connectivity index (χ0n) is 10.5. The van der Waals surface area contributed by atoms with Gasteiger partial charge in [-0.15, -0.1) is 0 Å². The summed E-state index contributed by atoms with van der Waals surface area (Å²) in [7, 11) is 0. The van der Waals surface area contributed by atoms with E-state index < -0.39 is 0 Å². The molecule has 1 aromatic carbocycles. The maximum absolute atomic E-state index is 12.9. The van der Waals surface area contributed by atoms with Crippen molar-refractivity contribution in [1.82, 2.24) is 0 Å². The summed E-state index contributed by atoms with van der Waals surface area (Å²) < 4.78 is 12.9. The van der Waals surface area contributed by atoms with Crippen LogP contribution in [-0.4, -0.2) is 12.3 Å². The minimum absolute atomic E-state index is 0.299. The molecule has 0 atom stereocenters. The highest BCUT2D eigenvalue weighted by molar-refractivity contribution is 7.80. The number of thiol groups is 1. The van der Waals surface area contributed by atoms with Crippen molar-refractivity contribution >= 4 is 24.0 Å². The highest BCUT2D eigenvalue weighted by Crippen LogP contribution is 2.15. The van der Waals surface area contributed by atoms with Crippen LogP contribution in [0.2, 0.25) is 0 Å². The average Bonchev–Trinajstić information content (AvgIpc) is 2.26. The maximum atomic E-state index is 12.9. The fourth-order valence-corrected chi connectivity index (χ4v) is 0.865. The SMILES string of the molecule is CC.CCNc1ccc(N)cc1F.CCS. The lowest BCUT2D eigenvalue weighted by atomic mass is 10.2. The molecule has 0 heterocycles. The van der Waals surface area contributed by atoms with E-state index in [0.29, 0.717) is 17.9 Å². The first-order valence-electron chi connectivity index (χ1n) is 5.55. The topological polar surface area (TPSA) is 38.0 Å². The Bertz CT molecular complexity index is 267. The van der Waals surface area contributed by atoms with Crippen LogP contribution >= 0.6 is 12.6 Å². The van der Waals surface area contributed by atoms with E-state index in [-0.39, 0.29) is 5.82 Å². The molecule has 0 saturated heterocycles. The van der Waals surface area contributed by atoms with Gasteiger partial charge in [-0.2, -0.15) is 12.6 Å². The van der Waals surface area contributed by atoms with E-state index in [9.17, 15) is 4.39 Å². The van der Waals surface area contributed by atoms with Crippen molar-refractivity contribution in [2.24, 2.45) is 0 Å². The first-order valence-corrected chi connectivity index (χ1v) is 6.18.